The van der Waals surface area contributed by atoms with Crippen molar-refractivity contribution >= 4 is 5.97 Å². The van der Waals surface area contributed by atoms with Crippen LogP contribution < -0.4 is 0 Å². The zero-order valence-corrected chi connectivity index (χ0v) is 13.9. The Morgan fingerprint density at radius 1 is 1.30 bits per heavy atom. The number of aromatic carboxylic acids is 1. The van der Waals surface area contributed by atoms with E-state index in [0.29, 0.717) is 12.0 Å². The van der Waals surface area contributed by atoms with Crippen molar-refractivity contribution in [2.24, 2.45) is 5.92 Å². The van der Waals surface area contributed by atoms with Gasteiger partial charge in [0.1, 0.15) is 0 Å². The number of aliphatic hydroxyl groups is 1. The highest BCUT2D eigenvalue weighted by Gasteiger charge is 2.33. The van der Waals surface area contributed by atoms with E-state index in [0.717, 1.165) is 69.4 Å². The van der Waals surface area contributed by atoms with E-state index in [2.05, 4.69) is 16.9 Å². The summed E-state index contributed by atoms with van der Waals surface area (Å²) < 4.78 is 1.91. The van der Waals surface area contributed by atoms with Crippen LogP contribution in [-0.4, -0.2) is 56.6 Å². The number of carboxylic acid groups (broad SMARTS) is 1. The van der Waals surface area contributed by atoms with Crippen molar-refractivity contribution in [2.75, 3.05) is 19.7 Å². The maximum absolute atomic E-state index is 11.5. The summed E-state index contributed by atoms with van der Waals surface area (Å²) in [6, 6.07) is 0.416. The van der Waals surface area contributed by atoms with E-state index in [1.807, 2.05) is 4.68 Å². The molecular weight excluding hydrogens is 294 g/mol. The molecule has 1 saturated heterocycles. The van der Waals surface area contributed by atoms with Crippen LogP contribution in [0.5, 0.6) is 0 Å². The molecule has 128 valence electrons. The molecule has 1 aliphatic carbocycles. The smallest absolute Gasteiger partial charge is 0.356 e. The Balaban J connectivity index is 1.76. The molecule has 2 heterocycles. The first-order valence-electron chi connectivity index (χ1n) is 8.80. The van der Waals surface area contributed by atoms with Crippen molar-refractivity contribution in [3.05, 3.63) is 17.0 Å². The molecule has 6 heteroatoms. The van der Waals surface area contributed by atoms with Crippen LogP contribution in [0, 0.1) is 5.92 Å². The molecule has 1 aliphatic heterocycles. The standard InChI is InChI=1S/C17H27N3O3/c1-2-7-20-15-4-3-13(10-14(15)16(18-20)17(22)23)19-8-5-12(11-21)6-9-19/h12-13,21H,2-11H2,1H3,(H,22,23)/t13-/m1/s1. The number of carbonyl (C=O) groups is 1. The van der Waals surface area contributed by atoms with Gasteiger partial charge in [0.05, 0.1) is 0 Å². The second kappa shape index (κ2) is 7.01. The van der Waals surface area contributed by atoms with Crippen molar-refractivity contribution < 1.29 is 15.0 Å². The lowest BCUT2D eigenvalue weighted by molar-refractivity contribution is 0.0685. The Hall–Kier alpha value is -1.40. The highest BCUT2D eigenvalue weighted by Crippen LogP contribution is 2.30. The van der Waals surface area contributed by atoms with Crippen molar-refractivity contribution in [3.63, 3.8) is 0 Å². The van der Waals surface area contributed by atoms with E-state index in [1.165, 1.54) is 0 Å². The van der Waals surface area contributed by atoms with Crippen molar-refractivity contribution in [3.8, 4) is 0 Å². The van der Waals surface area contributed by atoms with Gasteiger partial charge in [-0.15, -0.1) is 0 Å². The van der Waals surface area contributed by atoms with Crippen LogP contribution in [0.3, 0.4) is 0 Å². The van der Waals surface area contributed by atoms with Gasteiger partial charge in [0, 0.05) is 30.5 Å². The van der Waals surface area contributed by atoms with Crippen LogP contribution in [0.1, 0.15) is 54.4 Å². The molecule has 0 spiro atoms. The fraction of sp³-hybridized carbons (Fsp3) is 0.765. The third-order valence-electron chi connectivity index (χ3n) is 5.38. The highest BCUT2D eigenvalue weighted by molar-refractivity contribution is 5.87. The Bertz CT molecular complexity index is 562. The zero-order chi connectivity index (χ0) is 16.4. The van der Waals surface area contributed by atoms with Crippen LogP contribution in [0.4, 0.5) is 0 Å². The van der Waals surface area contributed by atoms with Gasteiger partial charge < -0.3 is 15.1 Å². The number of rotatable bonds is 5. The molecule has 0 bridgehead atoms. The number of aliphatic hydroxyl groups excluding tert-OH is 1. The number of fused-ring (bicyclic) bond motifs is 1. The molecule has 6 nitrogen and oxygen atoms in total. The van der Waals surface area contributed by atoms with E-state index in [1.54, 1.807) is 0 Å². The Morgan fingerprint density at radius 3 is 2.65 bits per heavy atom. The minimum Gasteiger partial charge on any atom is -0.476 e. The summed E-state index contributed by atoms with van der Waals surface area (Å²) in [6.45, 7) is 5.19. The van der Waals surface area contributed by atoms with Crippen LogP contribution in [0.2, 0.25) is 0 Å². The van der Waals surface area contributed by atoms with Gasteiger partial charge in [-0.2, -0.15) is 5.10 Å². The largest absolute Gasteiger partial charge is 0.476 e. The third kappa shape index (κ3) is 3.28. The fourth-order valence-electron chi connectivity index (χ4n) is 4.05. The van der Waals surface area contributed by atoms with E-state index >= 15 is 0 Å². The van der Waals surface area contributed by atoms with E-state index in [4.69, 9.17) is 0 Å². The lowest BCUT2D eigenvalue weighted by Gasteiger charge is -2.39. The first-order chi connectivity index (χ1) is 11.1. The van der Waals surface area contributed by atoms with Crippen LogP contribution in [0.25, 0.3) is 0 Å². The predicted molar refractivity (Wildman–Crippen MR) is 86.7 cm³/mol. The number of aryl methyl sites for hydroxylation is 1. The molecule has 2 aliphatic rings. The summed E-state index contributed by atoms with van der Waals surface area (Å²) in [5.74, 6) is -0.469. The minimum atomic E-state index is -0.907. The average molecular weight is 321 g/mol. The lowest BCUT2D eigenvalue weighted by atomic mass is 9.88. The summed E-state index contributed by atoms with van der Waals surface area (Å²) >= 11 is 0. The highest BCUT2D eigenvalue weighted by atomic mass is 16.4. The van der Waals surface area contributed by atoms with E-state index < -0.39 is 5.97 Å². The lowest BCUT2D eigenvalue weighted by Crippen LogP contribution is -2.44. The molecule has 1 fully saturated rings. The van der Waals surface area contributed by atoms with Crippen molar-refractivity contribution in [1.82, 2.24) is 14.7 Å². The number of piperidine rings is 1. The van der Waals surface area contributed by atoms with E-state index in [9.17, 15) is 15.0 Å². The molecule has 0 amide bonds. The number of hydrogen-bond acceptors (Lipinski definition) is 4. The number of likely N-dealkylation sites (tertiary alicyclic amines) is 1. The Kier molecular flexibility index (Phi) is 5.02. The van der Waals surface area contributed by atoms with Gasteiger partial charge in [0.2, 0.25) is 0 Å². The molecule has 0 saturated carbocycles. The van der Waals surface area contributed by atoms with Crippen LogP contribution in [-0.2, 0) is 19.4 Å². The fourth-order valence-corrected chi connectivity index (χ4v) is 4.05. The maximum atomic E-state index is 11.5. The van der Waals surface area contributed by atoms with Gasteiger partial charge in [-0.25, -0.2) is 4.79 Å². The molecule has 3 rings (SSSR count). The summed E-state index contributed by atoms with van der Waals surface area (Å²) in [7, 11) is 0. The quantitative estimate of drug-likeness (QED) is 0.860. The Morgan fingerprint density at radius 2 is 2.04 bits per heavy atom. The van der Waals surface area contributed by atoms with Gasteiger partial charge in [0.25, 0.3) is 0 Å². The number of nitrogens with zero attached hydrogens (tertiary/aromatic N) is 3. The SMILES string of the molecule is CCCn1nc(C(=O)O)c2c1CC[C@@H](N1CCC(CO)CC1)C2. The zero-order valence-electron chi connectivity index (χ0n) is 13.9. The second-order valence-corrected chi connectivity index (χ2v) is 6.86. The van der Waals surface area contributed by atoms with Gasteiger partial charge >= 0.3 is 5.97 Å². The first-order valence-corrected chi connectivity index (χ1v) is 8.80. The third-order valence-corrected chi connectivity index (χ3v) is 5.38. The molecule has 1 aromatic heterocycles. The summed E-state index contributed by atoms with van der Waals surface area (Å²) in [6.07, 6.45) is 5.84. The minimum absolute atomic E-state index is 0.253. The molecule has 0 aromatic carbocycles. The monoisotopic (exact) mass is 321 g/mol. The first kappa shape index (κ1) is 16.5. The van der Waals surface area contributed by atoms with Gasteiger partial charge in [-0.1, -0.05) is 6.92 Å². The average Bonchev–Trinajstić information content (AvgIpc) is 2.93. The predicted octanol–water partition coefficient (Wildman–Crippen LogP) is 1.55. The molecule has 1 aromatic rings. The molecule has 1 atom stereocenters. The van der Waals surface area contributed by atoms with Crippen LogP contribution >= 0.6 is 0 Å². The van der Waals surface area contributed by atoms with Gasteiger partial charge in [-0.3, -0.25) is 4.68 Å². The summed E-state index contributed by atoms with van der Waals surface area (Å²) in [4.78, 5) is 14.0. The number of carboxylic acids is 1. The molecule has 2 N–H and O–H groups in total. The normalized spacial score (nSPS) is 23.0. The number of aromatic nitrogens is 2. The Labute approximate surface area is 137 Å². The van der Waals surface area contributed by atoms with E-state index in [-0.39, 0.29) is 12.3 Å². The van der Waals surface area contributed by atoms with Crippen molar-refractivity contribution in [2.45, 2.75) is 58.0 Å². The number of hydrogen-bond donors (Lipinski definition) is 2. The topological polar surface area (TPSA) is 78.6 Å². The van der Waals surface area contributed by atoms with Gasteiger partial charge in [-0.05, 0) is 57.5 Å². The molecular formula is C17H27N3O3. The maximum Gasteiger partial charge on any atom is 0.356 e. The summed E-state index contributed by atoms with van der Waals surface area (Å²) in [5, 5.41) is 23.1. The second-order valence-electron chi connectivity index (χ2n) is 6.86. The van der Waals surface area contributed by atoms with Crippen molar-refractivity contribution in [1.29, 1.82) is 0 Å². The molecule has 23 heavy (non-hydrogen) atoms. The molecule has 0 unspecified atom stereocenters. The van der Waals surface area contributed by atoms with Crippen LogP contribution in [0.15, 0.2) is 0 Å². The molecule has 0 radical (unpaired) electrons. The van der Waals surface area contributed by atoms with Gasteiger partial charge in [0.15, 0.2) is 5.69 Å². The summed E-state index contributed by atoms with van der Waals surface area (Å²) in [5.41, 5.74) is 2.33.